The number of nitrogens with two attached hydrogens (primary N) is 1. The number of benzene rings is 1. The summed E-state index contributed by atoms with van der Waals surface area (Å²) in [6, 6.07) is 6.89. The molecule has 0 bridgehead atoms. The molecule has 0 amide bonds. The number of rotatable bonds is 6. The number of fused-ring (bicyclic) bond motifs is 1. The van der Waals surface area contributed by atoms with Gasteiger partial charge >= 0.3 is 0 Å². The van der Waals surface area contributed by atoms with Crippen LogP contribution in [-0.2, 0) is 26.4 Å². The van der Waals surface area contributed by atoms with E-state index < -0.39 is 19.9 Å². The first-order valence-corrected chi connectivity index (χ1v) is 9.92. The lowest BCUT2D eigenvalue weighted by Gasteiger charge is -2.05. The van der Waals surface area contributed by atoms with E-state index >= 15 is 0 Å². The maximum atomic E-state index is 11.8. The van der Waals surface area contributed by atoms with Crippen molar-refractivity contribution in [2.75, 3.05) is 11.5 Å². The van der Waals surface area contributed by atoms with Gasteiger partial charge in [-0.3, -0.25) is 0 Å². The molecule has 1 aromatic carbocycles. The maximum Gasteiger partial charge on any atom is 0.240 e. The number of aryl methyl sites for hydroxylation is 1. The normalized spacial score (nSPS) is 12.9. The van der Waals surface area contributed by atoms with E-state index in [-0.39, 0.29) is 22.9 Å². The Bertz CT molecular complexity index is 851. The molecular weight excluding hydrogens is 312 g/mol. The van der Waals surface area contributed by atoms with Crippen molar-refractivity contribution in [1.82, 2.24) is 4.57 Å². The third kappa shape index (κ3) is 3.63. The Morgan fingerprint density at radius 2 is 1.76 bits per heavy atom. The smallest absolute Gasteiger partial charge is 0.240 e. The second-order valence-electron chi connectivity index (χ2n) is 4.90. The quantitative estimate of drug-likeness (QED) is 0.857. The van der Waals surface area contributed by atoms with E-state index in [0.717, 1.165) is 0 Å². The Morgan fingerprint density at radius 3 is 2.38 bits per heavy atom. The van der Waals surface area contributed by atoms with Crippen molar-refractivity contribution in [2.45, 2.75) is 24.8 Å². The molecule has 8 heteroatoms. The van der Waals surface area contributed by atoms with Gasteiger partial charge in [-0.05, 0) is 12.5 Å². The molecule has 116 valence electrons. The molecule has 0 spiro atoms. The summed E-state index contributed by atoms with van der Waals surface area (Å²) in [5.41, 5.74) is 0.660. The summed E-state index contributed by atoms with van der Waals surface area (Å²) in [6.07, 6.45) is 1.97. The van der Waals surface area contributed by atoms with Crippen molar-refractivity contribution < 1.29 is 16.8 Å². The van der Waals surface area contributed by atoms with Gasteiger partial charge in [0.15, 0.2) is 9.84 Å². The summed E-state index contributed by atoms with van der Waals surface area (Å²) in [5.74, 6) is 0.109. The highest BCUT2D eigenvalue weighted by Gasteiger charge is 2.18. The van der Waals surface area contributed by atoms with Crippen molar-refractivity contribution in [3.05, 3.63) is 30.5 Å². The third-order valence-corrected chi connectivity index (χ3v) is 5.99. The van der Waals surface area contributed by atoms with Crippen LogP contribution in [0, 0.1) is 0 Å². The zero-order chi connectivity index (χ0) is 15.7. The van der Waals surface area contributed by atoms with E-state index in [1.165, 1.54) is 6.20 Å². The Balaban J connectivity index is 2.42. The van der Waals surface area contributed by atoms with Crippen LogP contribution in [0.5, 0.6) is 0 Å². The highest BCUT2D eigenvalue weighted by atomic mass is 32.2. The van der Waals surface area contributed by atoms with E-state index in [1.807, 2.05) is 6.92 Å². The summed E-state index contributed by atoms with van der Waals surface area (Å²) in [4.78, 5) is 0.0194. The van der Waals surface area contributed by atoms with Crippen molar-refractivity contribution in [3.63, 3.8) is 0 Å². The molecule has 0 radical (unpaired) electrons. The van der Waals surface area contributed by atoms with Crippen LogP contribution in [0.3, 0.4) is 0 Å². The number of para-hydroxylation sites is 1. The fraction of sp³-hybridized carbons (Fsp3) is 0.385. The Hall–Kier alpha value is -1.38. The molecule has 0 aliphatic heterocycles. The third-order valence-electron chi connectivity index (χ3n) is 3.22. The van der Waals surface area contributed by atoms with Gasteiger partial charge in [0.05, 0.1) is 5.75 Å². The van der Waals surface area contributed by atoms with Gasteiger partial charge in [0.25, 0.3) is 0 Å². The topological polar surface area (TPSA) is 99.2 Å². The van der Waals surface area contributed by atoms with Crippen LogP contribution in [0.15, 0.2) is 35.4 Å². The molecule has 2 N–H and O–H groups in total. The zero-order valence-corrected chi connectivity index (χ0v) is 13.3. The maximum absolute atomic E-state index is 11.8. The van der Waals surface area contributed by atoms with Crippen LogP contribution < -0.4 is 5.14 Å². The second-order valence-corrected chi connectivity index (χ2v) is 8.73. The highest BCUT2D eigenvalue weighted by Crippen LogP contribution is 2.24. The lowest BCUT2D eigenvalue weighted by Crippen LogP contribution is -2.15. The van der Waals surface area contributed by atoms with Gasteiger partial charge in [-0.1, -0.05) is 25.1 Å². The van der Waals surface area contributed by atoms with Crippen molar-refractivity contribution in [3.8, 4) is 0 Å². The van der Waals surface area contributed by atoms with Crippen LogP contribution in [0.25, 0.3) is 10.9 Å². The van der Waals surface area contributed by atoms with E-state index in [2.05, 4.69) is 0 Å². The molecule has 0 saturated carbocycles. The standard InChI is InChI=1S/C13H18N2O4S2/c1-2-8-20(16,17)9-7-15-10-13(21(14,18)19)11-5-3-4-6-12(11)15/h3-6,10H,2,7-9H2,1H3,(H2,14,18,19). The average Bonchev–Trinajstić information content (AvgIpc) is 2.75. The summed E-state index contributed by atoms with van der Waals surface area (Å²) < 4.78 is 48.4. The lowest BCUT2D eigenvalue weighted by atomic mass is 10.2. The fourth-order valence-electron chi connectivity index (χ4n) is 2.28. The van der Waals surface area contributed by atoms with Crippen molar-refractivity contribution in [1.29, 1.82) is 0 Å². The molecule has 6 nitrogen and oxygen atoms in total. The van der Waals surface area contributed by atoms with Gasteiger partial charge < -0.3 is 4.57 Å². The first kappa shape index (κ1) is 16.0. The molecule has 0 aliphatic carbocycles. The lowest BCUT2D eigenvalue weighted by molar-refractivity contribution is 0.588. The summed E-state index contributed by atoms with van der Waals surface area (Å²) >= 11 is 0. The first-order valence-electron chi connectivity index (χ1n) is 6.56. The molecule has 0 atom stereocenters. The molecule has 2 rings (SSSR count). The molecule has 1 aromatic heterocycles. The Kier molecular flexibility index (Phi) is 4.40. The number of hydrogen-bond acceptors (Lipinski definition) is 4. The summed E-state index contributed by atoms with van der Waals surface area (Å²) in [7, 11) is -6.97. The van der Waals surface area contributed by atoms with Crippen LogP contribution in [0.1, 0.15) is 13.3 Å². The Morgan fingerprint density at radius 1 is 1.10 bits per heavy atom. The minimum absolute atomic E-state index is 0.0194. The SMILES string of the molecule is CCCS(=O)(=O)CCn1cc(S(N)(=O)=O)c2ccccc21. The number of aromatic nitrogens is 1. The first-order chi connectivity index (χ1) is 9.74. The summed E-state index contributed by atoms with van der Waals surface area (Å²) in [5, 5.41) is 5.71. The van der Waals surface area contributed by atoms with Gasteiger partial charge in [0, 0.05) is 29.4 Å². The van der Waals surface area contributed by atoms with Crippen LogP contribution in [-0.4, -0.2) is 32.9 Å². The number of sulfone groups is 1. The van der Waals surface area contributed by atoms with E-state index in [1.54, 1.807) is 28.8 Å². The predicted molar refractivity (Wildman–Crippen MR) is 82.3 cm³/mol. The monoisotopic (exact) mass is 330 g/mol. The van der Waals surface area contributed by atoms with Gasteiger partial charge in [-0.25, -0.2) is 22.0 Å². The molecule has 0 fully saturated rings. The van der Waals surface area contributed by atoms with E-state index in [4.69, 9.17) is 5.14 Å². The number of nitrogens with zero attached hydrogens (tertiary/aromatic N) is 1. The molecule has 0 aliphatic rings. The minimum atomic E-state index is -3.84. The molecular formula is C13H18N2O4S2. The average molecular weight is 330 g/mol. The summed E-state index contributed by atoms with van der Waals surface area (Å²) in [6.45, 7) is 2.01. The van der Waals surface area contributed by atoms with Crippen molar-refractivity contribution in [2.24, 2.45) is 5.14 Å². The van der Waals surface area contributed by atoms with E-state index in [0.29, 0.717) is 17.3 Å². The van der Waals surface area contributed by atoms with E-state index in [9.17, 15) is 16.8 Å². The van der Waals surface area contributed by atoms with Gasteiger partial charge in [-0.2, -0.15) is 0 Å². The minimum Gasteiger partial charge on any atom is -0.345 e. The molecule has 1 heterocycles. The number of sulfonamides is 1. The highest BCUT2D eigenvalue weighted by molar-refractivity contribution is 7.91. The molecule has 0 unspecified atom stereocenters. The largest absolute Gasteiger partial charge is 0.345 e. The fourth-order valence-corrected chi connectivity index (χ4v) is 4.33. The molecule has 21 heavy (non-hydrogen) atoms. The van der Waals surface area contributed by atoms with Gasteiger partial charge in [-0.15, -0.1) is 0 Å². The number of hydrogen-bond donors (Lipinski definition) is 1. The molecule has 0 saturated heterocycles. The van der Waals surface area contributed by atoms with Crippen LogP contribution in [0.2, 0.25) is 0 Å². The second kappa shape index (κ2) is 5.78. The van der Waals surface area contributed by atoms with Crippen LogP contribution >= 0.6 is 0 Å². The number of primary sulfonamides is 1. The van der Waals surface area contributed by atoms with Crippen molar-refractivity contribution >= 4 is 30.8 Å². The van der Waals surface area contributed by atoms with Gasteiger partial charge in [0.1, 0.15) is 4.90 Å². The Labute approximate surface area is 124 Å². The molecule has 2 aromatic rings. The predicted octanol–water partition coefficient (Wildman–Crippen LogP) is 1.11. The van der Waals surface area contributed by atoms with Crippen LogP contribution in [0.4, 0.5) is 0 Å². The van der Waals surface area contributed by atoms with Gasteiger partial charge in [0.2, 0.25) is 10.0 Å². The zero-order valence-electron chi connectivity index (χ0n) is 11.7.